The largest absolute Gasteiger partial charge is 0.497 e. The van der Waals surface area contributed by atoms with Crippen LogP contribution in [0.4, 0.5) is 0 Å². The maximum atomic E-state index is 12.3. The summed E-state index contributed by atoms with van der Waals surface area (Å²) < 4.78 is 32.1. The summed E-state index contributed by atoms with van der Waals surface area (Å²) in [5.41, 5.74) is 6.82. The Morgan fingerprint density at radius 2 is 1.85 bits per heavy atom. The van der Waals surface area contributed by atoms with E-state index in [0.717, 1.165) is 0 Å². The molecule has 0 spiro atoms. The van der Waals surface area contributed by atoms with Crippen molar-refractivity contribution < 1.29 is 18.3 Å². The predicted octanol–water partition coefficient (Wildman–Crippen LogP) is 0.298. The van der Waals surface area contributed by atoms with Crippen LogP contribution in [0.3, 0.4) is 0 Å². The lowest BCUT2D eigenvalue weighted by molar-refractivity contribution is 0.164. The van der Waals surface area contributed by atoms with Gasteiger partial charge in [0.1, 0.15) is 5.75 Å². The number of aliphatic hydroxyl groups is 1. The van der Waals surface area contributed by atoms with E-state index in [1.165, 1.54) is 14.0 Å². The van der Waals surface area contributed by atoms with Crippen LogP contribution < -0.4 is 15.2 Å². The molecule has 1 rings (SSSR count). The number of hydrogen-bond acceptors (Lipinski definition) is 5. The highest BCUT2D eigenvalue weighted by Crippen LogP contribution is 2.25. The van der Waals surface area contributed by atoms with Gasteiger partial charge in [-0.3, -0.25) is 0 Å². The molecule has 0 amide bonds. The Kier molecular flexibility index (Phi) is 5.52. The van der Waals surface area contributed by atoms with Gasteiger partial charge in [-0.15, -0.1) is 0 Å². The smallest absolute Gasteiger partial charge is 0.241 e. The summed E-state index contributed by atoms with van der Waals surface area (Å²) in [6.07, 6.45) is -0.782. The van der Waals surface area contributed by atoms with Crippen LogP contribution in [-0.2, 0) is 10.0 Å². The average Bonchev–Trinajstić information content (AvgIpc) is 2.34. The molecule has 1 aromatic rings. The third-order valence-corrected chi connectivity index (χ3v) is 4.80. The molecule has 6 nitrogen and oxygen atoms in total. The molecular weight excluding hydrogens is 280 g/mol. The lowest BCUT2D eigenvalue weighted by Crippen LogP contribution is -2.43. The fraction of sp³-hybridized carbons (Fsp3) is 0.538. The average molecular weight is 302 g/mol. The number of methoxy groups -OCH3 is 1. The fourth-order valence-corrected chi connectivity index (χ4v) is 3.42. The summed E-state index contributed by atoms with van der Waals surface area (Å²) in [5.74, 6) is 0.611. The lowest BCUT2D eigenvalue weighted by Gasteiger charge is -2.17. The van der Waals surface area contributed by atoms with Gasteiger partial charge in [0.2, 0.25) is 10.0 Å². The van der Waals surface area contributed by atoms with Gasteiger partial charge in [-0.25, -0.2) is 13.1 Å². The third kappa shape index (κ3) is 3.92. The second kappa shape index (κ2) is 6.53. The van der Waals surface area contributed by atoms with Crippen molar-refractivity contribution in [3.05, 3.63) is 23.3 Å². The Bertz CT molecular complexity index is 547. The molecule has 0 aromatic heterocycles. The molecule has 114 valence electrons. The van der Waals surface area contributed by atoms with Crippen LogP contribution in [0.5, 0.6) is 5.75 Å². The van der Waals surface area contributed by atoms with Crippen molar-refractivity contribution in [2.75, 3.05) is 13.7 Å². The highest BCUT2D eigenvalue weighted by Gasteiger charge is 2.22. The number of hydrogen-bond donors (Lipinski definition) is 3. The topological polar surface area (TPSA) is 102 Å². The maximum Gasteiger partial charge on any atom is 0.241 e. The zero-order chi connectivity index (χ0) is 15.5. The monoisotopic (exact) mass is 302 g/mol. The van der Waals surface area contributed by atoms with Crippen molar-refractivity contribution in [3.63, 3.8) is 0 Å². The Morgan fingerprint density at radius 3 is 2.25 bits per heavy atom. The quantitative estimate of drug-likeness (QED) is 0.701. The van der Waals surface area contributed by atoms with Crippen LogP contribution in [0.2, 0.25) is 0 Å². The van der Waals surface area contributed by atoms with Gasteiger partial charge < -0.3 is 15.6 Å². The molecule has 0 fully saturated rings. The molecule has 0 aliphatic rings. The van der Waals surface area contributed by atoms with Gasteiger partial charge in [-0.1, -0.05) is 0 Å². The molecule has 0 radical (unpaired) electrons. The van der Waals surface area contributed by atoms with E-state index < -0.39 is 22.2 Å². The molecule has 0 aliphatic carbocycles. The van der Waals surface area contributed by atoms with E-state index in [-0.39, 0.29) is 11.4 Å². The van der Waals surface area contributed by atoms with E-state index >= 15 is 0 Å². The van der Waals surface area contributed by atoms with E-state index in [1.54, 1.807) is 26.0 Å². The molecule has 0 aliphatic heterocycles. The highest BCUT2D eigenvalue weighted by molar-refractivity contribution is 7.89. The van der Waals surface area contributed by atoms with Crippen molar-refractivity contribution in [2.24, 2.45) is 5.73 Å². The number of aryl methyl sites for hydroxylation is 2. The molecule has 7 heteroatoms. The third-order valence-electron chi connectivity index (χ3n) is 3.07. The van der Waals surface area contributed by atoms with Crippen molar-refractivity contribution in [3.8, 4) is 5.75 Å². The Hall–Kier alpha value is -1.15. The first kappa shape index (κ1) is 16.9. The van der Waals surface area contributed by atoms with Crippen molar-refractivity contribution in [2.45, 2.75) is 37.8 Å². The number of sulfonamides is 1. The standard InChI is InChI=1S/C13H22N2O4S/c1-8-5-11(19-4)6-9(2)13(8)20(17,18)15-7-12(14)10(3)16/h5-6,10,12,15-16H,7,14H2,1-4H3. The van der Waals surface area contributed by atoms with E-state index in [4.69, 9.17) is 10.5 Å². The first-order valence-corrected chi connectivity index (χ1v) is 7.76. The van der Waals surface area contributed by atoms with Gasteiger partial charge in [0, 0.05) is 12.6 Å². The zero-order valence-corrected chi connectivity index (χ0v) is 13.0. The lowest BCUT2D eigenvalue weighted by atomic mass is 10.1. The summed E-state index contributed by atoms with van der Waals surface area (Å²) in [4.78, 5) is 0.219. The Morgan fingerprint density at radius 1 is 1.35 bits per heavy atom. The van der Waals surface area contributed by atoms with Gasteiger partial charge in [-0.05, 0) is 44.0 Å². The zero-order valence-electron chi connectivity index (χ0n) is 12.2. The fourth-order valence-electron chi connectivity index (χ4n) is 1.90. The SMILES string of the molecule is COc1cc(C)c(S(=O)(=O)NCC(N)C(C)O)c(C)c1. The van der Waals surface area contributed by atoms with Crippen LogP contribution in [0.15, 0.2) is 17.0 Å². The Labute approximate surface area is 120 Å². The van der Waals surface area contributed by atoms with Gasteiger partial charge in [0.15, 0.2) is 0 Å². The van der Waals surface area contributed by atoms with Crippen LogP contribution in [0.25, 0.3) is 0 Å². The Balaban J connectivity index is 3.04. The second-order valence-corrected chi connectivity index (χ2v) is 6.55. The number of nitrogens with one attached hydrogen (secondary N) is 1. The summed E-state index contributed by atoms with van der Waals surface area (Å²) >= 11 is 0. The number of rotatable bonds is 6. The summed E-state index contributed by atoms with van der Waals surface area (Å²) in [6, 6.07) is 2.68. The minimum Gasteiger partial charge on any atom is -0.497 e. The predicted molar refractivity (Wildman–Crippen MR) is 77.3 cm³/mol. The van der Waals surface area contributed by atoms with E-state index in [9.17, 15) is 13.5 Å². The molecule has 0 saturated carbocycles. The normalized spacial score (nSPS) is 14.9. The molecule has 0 bridgehead atoms. The summed E-state index contributed by atoms with van der Waals surface area (Å²) in [7, 11) is -2.14. The van der Waals surface area contributed by atoms with Crippen molar-refractivity contribution in [1.82, 2.24) is 4.72 Å². The van der Waals surface area contributed by atoms with Crippen molar-refractivity contribution >= 4 is 10.0 Å². The molecule has 0 saturated heterocycles. The molecule has 0 heterocycles. The molecule has 1 aromatic carbocycles. The van der Waals surface area contributed by atoms with Crippen LogP contribution in [0.1, 0.15) is 18.1 Å². The number of nitrogens with two attached hydrogens (primary N) is 1. The first-order valence-electron chi connectivity index (χ1n) is 6.27. The van der Waals surface area contributed by atoms with E-state index in [2.05, 4.69) is 4.72 Å². The highest BCUT2D eigenvalue weighted by atomic mass is 32.2. The van der Waals surface area contributed by atoms with Crippen molar-refractivity contribution in [1.29, 1.82) is 0 Å². The van der Waals surface area contributed by atoms with E-state index in [0.29, 0.717) is 16.9 Å². The number of aliphatic hydroxyl groups excluding tert-OH is 1. The van der Waals surface area contributed by atoms with Gasteiger partial charge in [-0.2, -0.15) is 0 Å². The number of benzene rings is 1. The van der Waals surface area contributed by atoms with E-state index in [1.807, 2.05) is 0 Å². The molecule has 2 atom stereocenters. The summed E-state index contributed by atoms with van der Waals surface area (Å²) in [6.45, 7) is 4.91. The first-order chi connectivity index (χ1) is 9.19. The molecule has 4 N–H and O–H groups in total. The summed E-state index contributed by atoms with van der Waals surface area (Å²) in [5, 5.41) is 9.29. The molecule has 20 heavy (non-hydrogen) atoms. The minimum absolute atomic E-state index is 0.0229. The van der Waals surface area contributed by atoms with Crippen LogP contribution in [-0.4, -0.2) is 39.3 Å². The van der Waals surface area contributed by atoms with Gasteiger partial charge in [0.05, 0.1) is 18.1 Å². The second-order valence-electron chi connectivity index (χ2n) is 4.85. The van der Waals surface area contributed by atoms with Gasteiger partial charge >= 0.3 is 0 Å². The van der Waals surface area contributed by atoms with Crippen LogP contribution >= 0.6 is 0 Å². The van der Waals surface area contributed by atoms with Crippen LogP contribution in [0, 0.1) is 13.8 Å². The number of ether oxygens (including phenoxy) is 1. The van der Waals surface area contributed by atoms with Gasteiger partial charge in [0.25, 0.3) is 0 Å². The molecular formula is C13H22N2O4S. The molecule has 2 unspecified atom stereocenters. The maximum absolute atomic E-state index is 12.3. The minimum atomic E-state index is -3.67.